The molecule has 0 aliphatic carbocycles. The van der Waals surface area contributed by atoms with E-state index < -0.39 is 16.1 Å². The van der Waals surface area contributed by atoms with Crippen LogP contribution in [0.15, 0.2) is 27.6 Å². The molecule has 0 spiro atoms. The summed E-state index contributed by atoms with van der Waals surface area (Å²) in [5, 5.41) is 2.33. The predicted molar refractivity (Wildman–Crippen MR) is 67.9 cm³/mol. The molecule has 0 radical (unpaired) electrons. The van der Waals surface area contributed by atoms with Gasteiger partial charge in [0.25, 0.3) is 10.0 Å². The van der Waals surface area contributed by atoms with Crippen LogP contribution in [0.3, 0.4) is 0 Å². The van der Waals surface area contributed by atoms with E-state index >= 15 is 0 Å². The van der Waals surface area contributed by atoms with E-state index in [9.17, 15) is 13.2 Å². The Bertz CT molecular complexity index is 530. The number of nitrogen functional groups attached to an aromatic ring is 1. The van der Waals surface area contributed by atoms with Crippen molar-refractivity contribution in [3.05, 3.63) is 22.7 Å². The summed E-state index contributed by atoms with van der Waals surface area (Å²) in [6.07, 6.45) is 0. The van der Waals surface area contributed by atoms with Crippen molar-refractivity contribution in [2.24, 2.45) is 0 Å². The van der Waals surface area contributed by atoms with Gasteiger partial charge in [-0.25, -0.2) is 17.9 Å². The minimum atomic E-state index is -3.88. The van der Waals surface area contributed by atoms with E-state index in [4.69, 9.17) is 5.73 Å². The van der Waals surface area contributed by atoms with E-state index in [1.54, 1.807) is 6.92 Å². The molecule has 1 aromatic carbocycles. The summed E-state index contributed by atoms with van der Waals surface area (Å²) >= 11 is 3.15. The third-order valence-electron chi connectivity index (χ3n) is 1.84. The number of amides is 2. The molecule has 6 nitrogen and oxygen atoms in total. The van der Waals surface area contributed by atoms with Gasteiger partial charge in [-0.3, -0.25) is 0 Å². The van der Waals surface area contributed by atoms with Crippen molar-refractivity contribution in [2.75, 3.05) is 12.3 Å². The lowest BCUT2D eigenvalue weighted by Gasteiger charge is -2.08. The van der Waals surface area contributed by atoms with Crippen LogP contribution in [0.5, 0.6) is 0 Å². The molecule has 0 heterocycles. The molecule has 0 aliphatic heterocycles. The van der Waals surface area contributed by atoms with E-state index in [0.29, 0.717) is 11.0 Å². The van der Waals surface area contributed by atoms with Gasteiger partial charge in [0, 0.05) is 16.7 Å². The van der Waals surface area contributed by atoms with Crippen LogP contribution >= 0.6 is 15.9 Å². The van der Waals surface area contributed by atoms with Crippen LogP contribution < -0.4 is 15.8 Å². The maximum absolute atomic E-state index is 11.7. The molecule has 0 saturated carbocycles. The molecule has 0 atom stereocenters. The quantitative estimate of drug-likeness (QED) is 0.724. The Labute approximate surface area is 108 Å². The van der Waals surface area contributed by atoms with Gasteiger partial charge in [-0.15, -0.1) is 0 Å². The SMILES string of the molecule is CCNC(=O)NS(=O)(=O)c1ccc(Br)c(N)c1. The number of nitrogens with one attached hydrogen (secondary N) is 2. The van der Waals surface area contributed by atoms with Crippen LogP contribution in [0.25, 0.3) is 0 Å². The number of urea groups is 1. The van der Waals surface area contributed by atoms with Crippen molar-refractivity contribution < 1.29 is 13.2 Å². The number of hydrogen-bond acceptors (Lipinski definition) is 4. The highest BCUT2D eigenvalue weighted by Gasteiger charge is 2.17. The standard InChI is InChI=1S/C9H12BrN3O3S/c1-2-12-9(14)13-17(15,16)6-3-4-7(10)8(11)5-6/h3-5H,2,11H2,1H3,(H2,12,13,14). The highest BCUT2D eigenvalue weighted by Crippen LogP contribution is 2.22. The normalized spacial score (nSPS) is 10.9. The Kier molecular flexibility index (Phi) is 4.35. The lowest BCUT2D eigenvalue weighted by atomic mass is 10.3. The number of benzene rings is 1. The Hall–Kier alpha value is -1.28. The van der Waals surface area contributed by atoms with Gasteiger partial charge in [-0.2, -0.15) is 0 Å². The lowest BCUT2D eigenvalue weighted by molar-refractivity contribution is 0.246. The first kappa shape index (κ1) is 13.8. The Morgan fingerprint density at radius 2 is 2.12 bits per heavy atom. The summed E-state index contributed by atoms with van der Waals surface area (Å²) in [5.41, 5.74) is 5.85. The number of carbonyl (C=O) groups excluding carboxylic acids is 1. The van der Waals surface area contributed by atoms with Crippen LogP contribution in [-0.4, -0.2) is 21.0 Å². The molecule has 17 heavy (non-hydrogen) atoms. The lowest BCUT2D eigenvalue weighted by Crippen LogP contribution is -2.39. The molecule has 0 bridgehead atoms. The summed E-state index contributed by atoms with van der Waals surface area (Å²) in [6, 6.07) is 3.35. The van der Waals surface area contributed by atoms with Crippen molar-refractivity contribution in [3.63, 3.8) is 0 Å². The highest BCUT2D eigenvalue weighted by atomic mass is 79.9. The molecule has 0 aliphatic rings. The van der Waals surface area contributed by atoms with Crippen LogP contribution in [0, 0.1) is 0 Å². The smallest absolute Gasteiger partial charge is 0.328 e. The topological polar surface area (TPSA) is 101 Å². The molecule has 0 fully saturated rings. The first-order chi connectivity index (χ1) is 7.86. The van der Waals surface area contributed by atoms with Gasteiger partial charge in [-0.05, 0) is 41.1 Å². The fraction of sp³-hybridized carbons (Fsp3) is 0.222. The van der Waals surface area contributed by atoms with Gasteiger partial charge in [0.15, 0.2) is 0 Å². The number of carbonyl (C=O) groups is 1. The maximum Gasteiger partial charge on any atom is 0.328 e. The molecule has 0 aromatic heterocycles. The molecule has 4 N–H and O–H groups in total. The van der Waals surface area contributed by atoms with E-state index in [-0.39, 0.29) is 10.6 Å². The minimum absolute atomic E-state index is 0.0653. The van der Waals surface area contributed by atoms with E-state index in [1.165, 1.54) is 18.2 Å². The average Bonchev–Trinajstić information content (AvgIpc) is 2.21. The van der Waals surface area contributed by atoms with Gasteiger partial charge in [0.05, 0.1) is 4.90 Å². The number of anilines is 1. The highest BCUT2D eigenvalue weighted by molar-refractivity contribution is 9.10. The fourth-order valence-electron chi connectivity index (χ4n) is 1.07. The largest absolute Gasteiger partial charge is 0.398 e. The second-order valence-corrected chi connectivity index (χ2v) is 5.69. The second-order valence-electron chi connectivity index (χ2n) is 3.15. The zero-order valence-electron chi connectivity index (χ0n) is 9.03. The third-order valence-corrected chi connectivity index (χ3v) is 3.89. The summed E-state index contributed by atoms with van der Waals surface area (Å²) in [4.78, 5) is 11.1. The minimum Gasteiger partial charge on any atom is -0.398 e. The van der Waals surface area contributed by atoms with Crippen molar-refractivity contribution in [2.45, 2.75) is 11.8 Å². The Morgan fingerprint density at radius 3 is 2.65 bits per heavy atom. The summed E-state index contributed by atoms with van der Waals surface area (Å²) in [6.45, 7) is 2.02. The zero-order chi connectivity index (χ0) is 13.1. The van der Waals surface area contributed by atoms with E-state index in [0.717, 1.165) is 0 Å². The zero-order valence-corrected chi connectivity index (χ0v) is 11.4. The van der Waals surface area contributed by atoms with E-state index in [2.05, 4.69) is 21.2 Å². The van der Waals surface area contributed by atoms with Crippen LogP contribution in [0.1, 0.15) is 6.92 Å². The molecule has 1 rings (SSSR count). The molecule has 2 amide bonds. The van der Waals surface area contributed by atoms with Crippen molar-refractivity contribution in [3.8, 4) is 0 Å². The molecule has 8 heteroatoms. The molecule has 94 valence electrons. The number of halogens is 1. The summed E-state index contributed by atoms with van der Waals surface area (Å²) < 4.78 is 25.9. The third kappa shape index (κ3) is 3.60. The molecular weight excluding hydrogens is 310 g/mol. The number of hydrogen-bond donors (Lipinski definition) is 3. The number of rotatable bonds is 3. The van der Waals surface area contributed by atoms with Crippen LogP contribution in [0.4, 0.5) is 10.5 Å². The Balaban J connectivity index is 2.97. The first-order valence-corrected chi connectivity index (χ1v) is 7.00. The van der Waals surface area contributed by atoms with Crippen LogP contribution in [-0.2, 0) is 10.0 Å². The maximum atomic E-state index is 11.7. The number of sulfonamides is 1. The van der Waals surface area contributed by atoms with Gasteiger partial charge in [-0.1, -0.05) is 0 Å². The van der Waals surface area contributed by atoms with Crippen LogP contribution in [0.2, 0.25) is 0 Å². The molecule has 1 aromatic rings. The van der Waals surface area contributed by atoms with Crippen molar-refractivity contribution in [1.29, 1.82) is 0 Å². The summed E-state index contributed by atoms with van der Waals surface area (Å²) in [5.74, 6) is 0. The van der Waals surface area contributed by atoms with Gasteiger partial charge in [0.2, 0.25) is 0 Å². The van der Waals surface area contributed by atoms with Gasteiger partial charge >= 0.3 is 6.03 Å². The van der Waals surface area contributed by atoms with Crippen molar-refractivity contribution in [1.82, 2.24) is 10.0 Å². The van der Waals surface area contributed by atoms with Gasteiger partial charge in [0.1, 0.15) is 0 Å². The monoisotopic (exact) mass is 321 g/mol. The molecular formula is C9H12BrN3O3S. The van der Waals surface area contributed by atoms with E-state index in [1.807, 2.05) is 4.72 Å². The second kappa shape index (κ2) is 5.37. The Morgan fingerprint density at radius 1 is 1.47 bits per heavy atom. The molecule has 0 unspecified atom stereocenters. The molecule has 0 saturated heterocycles. The predicted octanol–water partition coefficient (Wildman–Crippen LogP) is 1.04. The van der Waals surface area contributed by atoms with Gasteiger partial charge < -0.3 is 11.1 Å². The fourth-order valence-corrected chi connectivity index (χ4v) is 2.28. The van der Waals surface area contributed by atoms with Crippen molar-refractivity contribution >= 4 is 37.7 Å². The first-order valence-electron chi connectivity index (χ1n) is 4.72. The summed E-state index contributed by atoms with van der Waals surface area (Å²) in [7, 11) is -3.88. The number of nitrogens with two attached hydrogens (primary N) is 1. The average molecular weight is 322 g/mol.